The Kier molecular flexibility index (Phi) is 11.7. The van der Waals surface area contributed by atoms with Crippen molar-refractivity contribution >= 4 is 11.6 Å². The Bertz CT molecular complexity index is 1700. The van der Waals surface area contributed by atoms with Crippen LogP contribution in [0, 0.1) is 0 Å². The second-order valence-corrected chi connectivity index (χ2v) is 13.5. The first-order valence-corrected chi connectivity index (χ1v) is 17.0. The van der Waals surface area contributed by atoms with E-state index in [4.69, 9.17) is 9.47 Å². The summed E-state index contributed by atoms with van der Waals surface area (Å²) in [6.45, 7) is 0. The number of ether oxygens (including phenoxy) is 2. The van der Waals surface area contributed by atoms with Gasteiger partial charge in [-0.05, 0) is 125 Å². The summed E-state index contributed by atoms with van der Waals surface area (Å²) in [6, 6.07) is 43.6. The predicted molar refractivity (Wildman–Crippen MR) is 202 cm³/mol. The first-order chi connectivity index (χ1) is 24.1. The van der Waals surface area contributed by atoms with Crippen molar-refractivity contribution in [2.75, 3.05) is 42.4 Å². The number of hydrogen-bond acceptors (Lipinski definition) is 6. The predicted octanol–water partition coefficient (Wildman–Crippen LogP) is 7.64. The average molecular weight is 669 g/mol. The lowest BCUT2D eigenvalue weighted by atomic mass is 9.76. The highest BCUT2D eigenvalue weighted by Crippen LogP contribution is 2.32. The van der Waals surface area contributed by atoms with Crippen LogP contribution in [0.25, 0.3) is 0 Å². The lowest BCUT2D eigenvalue weighted by molar-refractivity contribution is 0.0669. The van der Waals surface area contributed by atoms with Crippen molar-refractivity contribution in [3.63, 3.8) is 0 Å². The quantitative estimate of drug-likeness (QED) is 0.101. The third-order valence-corrected chi connectivity index (χ3v) is 9.96. The fourth-order valence-corrected chi connectivity index (χ4v) is 6.82. The van der Waals surface area contributed by atoms with E-state index in [0.29, 0.717) is 48.3 Å². The monoisotopic (exact) mass is 668 g/mol. The fourth-order valence-electron chi connectivity index (χ4n) is 6.82. The molecular formula is C44H48N2O4. The van der Waals surface area contributed by atoms with Gasteiger partial charge in [0.15, 0.2) is 11.6 Å². The zero-order valence-electron chi connectivity index (χ0n) is 30.1. The minimum Gasteiger partial charge on any atom is -0.497 e. The summed E-state index contributed by atoms with van der Waals surface area (Å²) in [5, 5.41) is 0. The van der Waals surface area contributed by atoms with Crippen LogP contribution in [-0.4, -0.2) is 74.9 Å². The van der Waals surface area contributed by atoms with Gasteiger partial charge in [0, 0.05) is 11.1 Å². The van der Waals surface area contributed by atoms with E-state index >= 15 is 0 Å². The highest BCUT2D eigenvalue weighted by molar-refractivity contribution is 6.04. The van der Waals surface area contributed by atoms with Gasteiger partial charge >= 0.3 is 0 Å². The molecule has 0 aliphatic rings. The molecule has 50 heavy (non-hydrogen) atoms. The van der Waals surface area contributed by atoms with Gasteiger partial charge in [-0.1, -0.05) is 84.9 Å². The van der Waals surface area contributed by atoms with Crippen LogP contribution in [0.15, 0.2) is 133 Å². The van der Waals surface area contributed by atoms with Crippen LogP contribution in [0.5, 0.6) is 11.5 Å². The van der Waals surface area contributed by atoms with E-state index in [9.17, 15) is 9.59 Å². The molecule has 5 aromatic rings. The molecule has 0 bridgehead atoms. The fraction of sp³-hybridized carbons (Fsp3) is 0.273. The van der Waals surface area contributed by atoms with Crippen molar-refractivity contribution in [3.05, 3.63) is 167 Å². The molecule has 0 aromatic heterocycles. The number of carbonyl (C=O) groups is 2. The number of methoxy groups -OCH3 is 2. The van der Waals surface area contributed by atoms with Crippen molar-refractivity contribution in [1.29, 1.82) is 0 Å². The maximum atomic E-state index is 14.5. The smallest absolute Gasteiger partial charge is 0.183 e. The van der Waals surface area contributed by atoms with E-state index in [-0.39, 0.29) is 11.6 Å². The van der Waals surface area contributed by atoms with E-state index in [1.54, 1.807) is 14.2 Å². The van der Waals surface area contributed by atoms with Gasteiger partial charge in [0.1, 0.15) is 11.5 Å². The zero-order valence-corrected chi connectivity index (χ0v) is 30.1. The molecule has 5 aromatic carbocycles. The Labute approximate surface area is 297 Å². The van der Waals surface area contributed by atoms with Crippen molar-refractivity contribution < 1.29 is 19.1 Å². The molecule has 0 fully saturated rings. The van der Waals surface area contributed by atoms with Crippen LogP contribution in [-0.2, 0) is 25.7 Å². The number of Topliss-reactive ketones (excluding diaryl/α,β-unsaturated/α-hetero) is 2. The number of benzene rings is 5. The van der Waals surface area contributed by atoms with E-state index in [1.807, 2.05) is 113 Å². The lowest BCUT2D eigenvalue weighted by Gasteiger charge is -2.40. The zero-order chi connectivity index (χ0) is 35.7. The van der Waals surface area contributed by atoms with Crippen LogP contribution in [0.3, 0.4) is 0 Å². The van der Waals surface area contributed by atoms with Gasteiger partial charge in [0.05, 0.1) is 25.3 Å². The second-order valence-electron chi connectivity index (χ2n) is 13.5. The van der Waals surface area contributed by atoms with Crippen LogP contribution in [0.4, 0.5) is 0 Å². The molecule has 0 radical (unpaired) electrons. The van der Waals surface area contributed by atoms with E-state index < -0.39 is 11.1 Å². The number of ketones is 2. The Morgan fingerprint density at radius 1 is 0.440 bits per heavy atom. The molecule has 0 saturated carbocycles. The molecular weight excluding hydrogens is 620 g/mol. The number of carbonyl (C=O) groups excluding carboxylic acids is 2. The van der Waals surface area contributed by atoms with Crippen molar-refractivity contribution in [2.45, 2.75) is 36.8 Å². The Balaban J connectivity index is 1.50. The van der Waals surface area contributed by atoms with Gasteiger partial charge in [-0.15, -0.1) is 0 Å². The molecule has 0 spiro atoms. The largest absolute Gasteiger partial charge is 0.497 e. The first kappa shape index (κ1) is 36.2. The third kappa shape index (κ3) is 8.05. The van der Waals surface area contributed by atoms with Crippen LogP contribution in [0.2, 0.25) is 0 Å². The van der Waals surface area contributed by atoms with Crippen molar-refractivity contribution in [2.24, 2.45) is 0 Å². The van der Waals surface area contributed by atoms with Crippen LogP contribution >= 0.6 is 0 Å². The van der Waals surface area contributed by atoms with Crippen LogP contribution < -0.4 is 9.47 Å². The minimum absolute atomic E-state index is 0.0534. The van der Waals surface area contributed by atoms with E-state index in [2.05, 4.69) is 58.3 Å². The van der Waals surface area contributed by atoms with Gasteiger partial charge in [-0.2, -0.15) is 0 Å². The summed E-state index contributed by atoms with van der Waals surface area (Å²) in [4.78, 5) is 33.2. The normalized spacial score (nSPS) is 13.8. The molecule has 0 aliphatic heterocycles. The van der Waals surface area contributed by atoms with Gasteiger partial charge in [0.2, 0.25) is 0 Å². The highest BCUT2D eigenvalue weighted by Gasteiger charge is 2.43. The Morgan fingerprint density at radius 3 is 0.980 bits per heavy atom. The van der Waals surface area contributed by atoms with E-state index in [1.165, 1.54) is 0 Å². The Morgan fingerprint density at radius 2 is 0.720 bits per heavy atom. The SMILES string of the molecule is COc1ccc(C(=O)C(Cc2ccccc2)(Cc2ccc(CC(Cc3ccccc3)(C(=O)c3ccc(OC)cc3)N(C)C)cc2)N(C)C)cc1. The molecule has 0 N–H and O–H groups in total. The number of nitrogens with zero attached hydrogens (tertiary/aromatic N) is 2. The molecule has 2 unspecified atom stereocenters. The second kappa shape index (κ2) is 16.1. The van der Waals surface area contributed by atoms with Crippen molar-refractivity contribution in [3.8, 4) is 11.5 Å². The summed E-state index contributed by atoms with van der Waals surface area (Å²) in [6.07, 6.45) is 2.11. The maximum Gasteiger partial charge on any atom is 0.183 e. The number of likely N-dealkylation sites (N-methyl/N-ethyl adjacent to an activating group) is 2. The molecule has 6 heteroatoms. The minimum atomic E-state index is -0.845. The summed E-state index contributed by atoms with van der Waals surface area (Å²) in [5.74, 6) is 1.53. The van der Waals surface area contributed by atoms with Gasteiger partial charge in [-0.3, -0.25) is 19.4 Å². The molecule has 0 saturated heterocycles. The molecule has 5 rings (SSSR count). The molecule has 6 nitrogen and oxygen atoms in total. The summed E-state index contributed by atoms with van der Waals surface area (Å²) in [5.41, 5.74) is 3.86. The number of rotatable bonds is 16. The maximum absolute atomic E-state index is 14.5. The van der Waals surface area contributed by atoms with Gasteiger partial charge in [-0.25, -0.2) is 0 Å². The van der Waals surface area contributed by atoms with E-state index in [0.717, 1.165) is 22.3 Å². The number of hydrogen-bond donors (Lipinski definition) is 0. The molecule has 0 amide bonds. The first-order valence-electron chi connectivity index (χ1n) is 17.0. The van der Waals surface area contributed by atoms with Crippen LogP contribution in [0.1, 0.15) is 43.0 Å². The average Bonchev–Trinajstić information content (AvgIpc) is 3.15. The topological polar surface area (TPSA) is 59.1 Å². The molecule has 2 atom stereocenters. The molecule has 0 aliphatic carbocycles. The lowest BCUT2D eigenvalue weighted by Crippen LogP contribution is -2.55. The summed E-state index contributed by atoms with van der Waals surface area (Å²) >= 11 is 0. The van der Waals surface area contributed by atoms with Gasteiger partial charge in [0.25, 0.3) is 0 Å². The van der Waals surface area contributed by atoms with Gasteiger partial charge < -0.3 is 9.47 Å². The standard InChI is InChI=1S/C44H48N2O4/c1-45(2)43(29-33-13-9-7-10-14-33,41(47)37-21-25-39(49-5)26-22-37)31-35-17-19-36(20-18-35)32-44(46(3)4,30-34-15-11-8-12-16-34)42(48)38-23-27-40(50-6)28-24-38/h7-28H,29-32H2,1-6H3. The highest BCUT2D eigenvalue weighted by atomic mass is 16.5. The molecule has 0 heterocycles. The summed E-state index contributed by atoms with van der Waals surface area (Å²) in [7, 11) is 11.2. The summed E-state index contributed by atoms with van der Waals surface area (Å²) < 4.78 is 10.7. The van der Waals surface area contributed by atoms with Crippen molar-refractivity contribution in [1.82, 2.24) is 9.80 Å². The Hall–Kier alpha value is -5.04. The molecule has 258 valence electrons. The third-order valence-electron chi connectivity index (χ3n) is 9.96.